The molecule has 2 amide bonds. The number of hydrogen-bond donors (Lipinski definition) is 1. The lowest BCUT2D eigenvalue weighted by molar-refractivity contribution is -0.140. The summed E-state index contributed by atoms with van der Waals surface area (Å²) in [6.07, 6.45) is 3.51. The number of carbonyl (C=O) groups is 3. The highest BCUT2D eigenvalue weighted by Gasteiger charge is 2.37. The zero-order valence-corrected chi connectivity index (χ0v) is 21.6. The number of halogens is 1. The number of hydrogen-bond acceptors (Lipinski definition) is 6. The third-order valence-corrected chi connectivity index (χ3v) is 7.23. The number of thiophene rings is 1. The summed E-state index contributed by atoms with van der Waals surface area (Å²) in [4.78, 5) is 41.3. The van der Waals surface area contributed by atoms with Crippen molar-refractivity contribution in [3.05, 3.63) is 62.5 Å². The number of fused-ring (bicyclic) bond motifs is 1. The van der Waals surface area contributed by atoms with Gasteiger partial charge in [0.15, 0.2) is 5.11 Å². The van der Waals surface area contributed by atoms with Crippen molar-refractivity contribution in [1.82, 2.24) is 19.7 Å². The van der Waals surface area contributed by atoms with Gasteiger partial charge < -0.3 is 19.5 Å². The molecule has 1 aliphatic rings. The number of nitrogens with zero attached hydrogens (tertiary/aromatic N) is 3. The Balaban J connectivity index is 1.68. The van der Waals surface area contributed by atoms with Crippen LogP contribution in [0.2, 0.25) is 0 Å². The quantitative estimate of drug-likeness (QED) is 0.271. The zero-order valence-electron chi connectivity index (χ0n) is 18.4. The summed E-state index contributed by atoms with van der Waals surface area (Å²) in [7, 11) is 2.85. The molecule has 34 heavy (non-hydrogen) atoms. The van der Waals surface area contributed by atoms with E-state index in [9.17, 15) is 14.4 Å². The van der Waals surface area contributed by atoms with Crippen LogP contribution in [-0.4, -0.2) is 58.0 Å². The standard InChI is InChI=1S/C23H21BrN4O4S2/c1-26-22(31)19(28(23(26)33)13-21(30)32-2)8-14-11-27(18-6-5-15(24)9-17(14)18)12-20(29)25-10-16-4-3-7-34-16/h3-9,11H,10,12-13H2,1-2H3,(H,25,29)/b19-8-. The summed E-state index contributed by atoms with van der Waals surface area (Å²) in [5, 5.41) is 5.97. The number of methoxy groups -OCH3 is 1. The highest BCUT2D eigenvalue weighted by molar-refractivity contribution is 9.10. The second-order valence-electron chi connectivity index (χ2n) is 7.57. The Hall–Kier alpha value is -3.02. The van der Waals surface area contributed by atoms with Crippen molar-refractivity contribution >= 4 is 79.4 Å². The molecular weight excluding hydrogens is 540 g/mol. The van der Waals surface area contributed by atoms with E-state index in [-0.39, 0.29) is 35.7 Å². The molecule has 0 atom stereocenters. The second-order valence-corrected chi connectivity index (χ2v) is 9.88. The fraction of sp³-hybridized carbons (Fsp3) is 0.217. The molecule has 11 heteroatoms. The Bertz CT molecular complexity index is 1320. The molecule has 1 aromatic carbocycles. The fourth-order valence-electron chi connectivity index (χ4n) is 3.64. The average Bonchev–Trinajstić information content (AvgIpc) is 3.50. The van der Waals surface area contributed by atoms with E-state index in [4.69, 9.17) is 17.0 Å². The summed E-state index contributed by atoms with van der Waals surface area (Å²) in [6.45, 7) is 0.411. The molecule has 4 rings (SSSR count). The molecule has 1 fully saturated rings. The van der Waals surface area contributed by atoms with Crippen LogP contribution in [0.25, 0.3) is 17.0 Å². The minimum atomic E-state index is -0.510. The van der Waals surface area contributed by atoms with Crippen LogP contribution in [-0.2, 0) is 32.2 Å². The highest BCUT2D eigenvalue weighted by atomic mass is 79.9. The molecule has 2 aromatic heterocycles. The van der Waals surface area contributed by atoms with Crippen LogP contribution in [0.1, 0.15) is 10.4 Å². The number of ether oxygens (including phenoxy) is 1. The highest BCUT2D eigenvalue weighted by Crippen LogP contribution is 2.30. The van der Waals surface area contributed by atoms with Gasteiger partial charge >= 0.3 is 5.97 Å². The molecule has 0 unspecified atom stereocenters. The third kappa shape index (κ3) is 4.91. The zero-order chi connectivity index (χ0) is 24.4. The summed E-state index contributed by atoms with van der Waals surface area (Å²) in [5.74, 6) is -0.958. The molecule has 0 saturated carbocycles. The Kier molecular flexibility index (Phi) is 7.15. The summed E-state index contributed by atoms with van der Waals surface area (Å²) in [6, 6.07) is 9.64. The van der Waals surface area contributed by atoms with Crippen molar-refractivity contribution in [3.8, 4) is 0 Å². The Morgan fingerprint density at radius 1 is 1.26 bits per heavy atom. The van der Waals surface area contributed by atoms with Crippen molar-refractivity contribution < 1.29 is 19.1 Å². The lowest BCUT2D eigenvalue weighted by Crippen LogP contribution is -2.33. The molecule has 1 aliphatic heterocycles. The number of likely N-dealkylation sites (N-methyl/N-ethyl adjacent to an activating group) is 1. The van der Waals surface area contributed by atoms with Crippen LogP contribution < -0.4 is 5.32 Å². The maximum atomic E-state index is 12.9. The van der Waals surface area contributed by atoms with Crippen molar-refractivity contribution in [2.75, 3.05) is 20.7 Å². The first-order valence-corrected chi connectivity index (χ1v) is 12.3. The number of thiocarbonyl (C=S) groups is 1. The van der Waals surface area contributed by atoms with Gasteiger partial charge in [-0.15, -0.1) is 11.3 Å². The topological polar surface area (TPSA) is 83.9 Å². The number of aromatic nitrogens is 1. The van der Waals surface area contributed by atoms with Crippen LogP contribution >= 0.6 is 39.5 Å². The van der Waals surface area contributed by atoms with Gasteiger partial charge in [-0.25, -0.2) is 0 Å². The van der Waals surface area contributed by atoms with E-state index in [1.165, 1.54) is 16.9 Å². The molecule has 8 nitrogen and oxygen atoms in total. The lowest BCUT2D eigenvalue weighted by Gasteiger charge is -2.16. The first kappa shape index (κ1) is 24.1. The smallest absolute Gasteiger partial charge is 0.325 e. The first-order chi connectivity index (χ1) is 16.3. The maximum Gasteiger partial charge on any atom is 0.325 e. The van der Waals surface area contributed by atoms with E-state index in [0.29, 0.717) is 6.54 Å². The van der Waals surface area contributed by atoms with E-state index in [0.717, 1.165) is 25.8 Å². The minimum absolute atomic E-state index is 0.116. The van der Waals surface area contributed by atoms with E-state index in [1.54, 1.807) is 24.5 Å². The van der Waals surface area contributed by atoms with Gasteiger partial charge in [-0.1, -0.05) is 22.0 Å². The van der Waals surface area contributed by atoms with Gasteiger partial charge in [-0.3, -0.25) is 19.3 Å². The summed E-state index contributed by atoms with van der Waals surface area (Å²) >= 11 is 10.4. The van der Waals surface area contributed by atoms with Gasteiger partial charge in [0.05, 0.1) is 13.7 Å². The minimum Gasteiger partial charge on any atom is -0.468 e. The third-order valence-electron chi connectivity index (χ3n) is 5.37. The number of amides is 2. The molecule has 0 radical (unpaired) electrons. The van der Waals surface area contributed by atoms with Crippen LogP contribution in [0, 0.1) is 0 Å². The van der Waals surface area contributed by atoms with Gasteiger partial charge in [0, 0.05) is 39.1 Å². The Morgan fingerprint density at radius 2 is 2.06 bits per heavy atom. The Labute approximate surface area is 213 Å². The van der Waals surface area contributed by atoms with Crippen molar-refractivity contribution in [2.45, 2.75) is 13.1 Å². The number of benzene rings is 1. The SMILES string of the molecule is COC(=O)CN1C(=S)N(C)C(=O)/C1=C/c1cn(CC(=O)NCc2cccs2)c2ccc(Br)cc12. The fourth-order valence-corrected chi connectivity index (χ4v) is 4.90. The first-order valence-electron chi connectivity index (χ1n) is 10.2. The monoisotopic (exact) mass is 560 g/mol. The summed E-state index contributed by atoms with van der Waals surface area (Å²) in [5.41, 5.74) is 1.82. The molecular formula is C23H21BrN4O4S2. The number of esters is 1. The van der Waals surface area contributed by atoms with Crippen LogP contribution in [0.15, 0.2) is 52.1 Å². The van der Waals surface area contributed by atoms with Gasteiger partial charge in [-0.05, 0) is 47.9 Å². The number of carbonyl (C=O) groups excluding carboxylic acids is 3. The lowest BCUT2D eigenvalue weighted by atomic mass is 10.1. The van der Waals surface area contributed by atoms with Gasteiger partial charge in [0.2, 0.25) is 5.91 Å². The second kappa shape index (κ2) is 10.1. The van der Waals surface area contributed by atoms with Crippen LogP contribution in [0.3, 0.4) is 0 Å². The average molecular weight is 561 g/mol. The van der Waals surface area contributed by atoms with E-state index in [1.807, 2.05) is 46.5 Å². The molecule has 1 N–H and O–H groups in total. The molecule has 0 aliphatic carbocycles. The molecule has 0 spiro atoms. The van der Waals surface area contributed by atoms with Gasteiger partial charge in [0.25, 0.3) is 5.91 Å². The maximum absolute atomic E-state index is 12.9. The molecule has 176 valence electrons. The molecule has 3 heterocycles. The van der Waals surface area contributed by atoms with Crippen molar-refractivity contribution in [2.24, 2.45) is 0 Å². The Morgan fingerprint density at radius 3 is 2.76 bits per heavy atom. The predicted molar refractivity (Wildman–Crippen MR) is 138 cm³/mol. The number of nitrogens with one attached hydrogen (secondary N) is 1. The van der Waals surface area contributed by atoms with Gasteiger partial charge in [0.1, 0.15) is 18.8 Å². The normalized spacial score (nSPS) is 15.0. The molecule has 3 aromatic rings. The van der Waals surface area contributed by atoms with Crippen molar-refractivity contribution in [1.29, 1.82) is 0 Å². The largest absolute Gasteiger partial charge is 0.468 e. The van der Waals surface area contributed by atoms with E-state index < -0.39 is 5.97 Å². The van der Waals surface area contributed by atoms with Crippen LogP contribution in [0.4, 0.5) is 0 Å². The molecule has 0 bridgehead atoms. The molecule has 1 saturated heterocycles. The van der Waals surface area contributed by atoms with Crippen molar-refractivity contribution in [3.63, 3.8) is 0 Å². The van der Waals surface area contributed by atoms with E-state index >= 15 is 0 Å². The summed E-state index contributed by atoms with van der Waals surface area (Å²) < 4.78 is 7.46. The predicted octanol–water partition coefficient (Wildman–Crippen LogP) is 3.35. The van der Waals surface area contributed by atoms with Crippen LogP contribution in [0.5, 0.6) is 0 Å². The van der Waals surface area contributed by atoms with Gasteiger partial charge in [-0.2, -0.15) is 0 Å². The number of rotatable bonds is 7. The van der Waals surface area contributed by atoms with E-state index in [2.05, 4.69) is 21.2 Å².